The molecule has 1 aliphatic rings. The van der Waals surface area contributed by atoms with Crippen LogP contribution < -0.4 is 10.5 Å². The molecule has 3 N–H and O–H groups in total. The van der Waals surface area contributed by atoms with E-state index in [0.717, 1.165) is 17.3 Å². The third-order valence-electron chi connectivity index (χ3n) is 3.92. The molecular formula is C15H17N3O3. The van der Waals surface area contributed by atoms with Crippen LogP contribution in [-0.4, -0.2) is 41.4 Å². The molecule has 1 unspecified atom stereocenters. The Kier molecular flexibility index (Phi) is 3.29. The Morgan fingerprint density at radius 1 is 1.43 bits per heavy atom. The first kappa shape index (κ1) is 13.5. The molecule has 1 saturated heterocycles. The number of carbonyl (C=O) groups excluding carboxylic acids is 2. The van der Waals surface area contributed by atoms with E-state index < -0.39 is 11.9 Å². The van der Waals surface area contributed by atoms with Gasteiger partial charge in [-0.2, -0.15) is 0 Å². The summed E-state index contributed by atoms with van der Waals surface area (Å²) in [5.74, 6) is 0.0553. The maximum absolute atomic E-state index is 12.6. The molecule has 110 valence electrons. The average molecular weight is 287 g/mol. The standard InChI is InChI=1S/C15H17N3O3/c1-21-13-6-2-4-10-9(13)8-11(17-10)15(20)18-7-3-5-12(18)14(16)19/h2,4,6,8,12,17H,3,5,7H2,1H3,(H2,16,19). The molecule has 1 aliphatic heterocycles. The van der Waals surface area contributed by atoms with Crippen LogP contribution in [0, 0.1) is 0 Å². The van der Waals surface area contributed by atoms with Crippen LogP contribution in [0.4, 0.5) is 0 Å². The van der Waals surface area contributed by atoms with Crippen molar-refractivity contribution < 1.29 is 14.3 Å². The molecule has 0 aliphatic carbocycles. The Bertz CT molecular complexity index is 707. The molecule has 2 heterocycles. The van der Waals surface area contributed by atoms with Gasteiger partial charge in [-0.05, 0) is 31.0 Å². The van der Waals surface area contributed by atoms with Gasteiger partial charge in [-0.3, -0.25) is 9.59 Å². The topological polar surface area (TPSA) is 88.4 Å². The van der Waals surface area contributed by atoms with E-state index in [1.165, 1.54) is 0 Å². The first-order chi connectivity index (χ1) is 10.1. The molecule has 1 aromatic heterocycles. The summed E-state index contributed by atoms with van der Waals surface area (Å²) in [6.07, 6.45) is 1.42. The second-order valence-electron chi connectivity index (χ2n) is 5.16. The van der Waals surface area contributed by atoms with Crippen LogP contribution in [0.1, 0.15) is 23.3 Å². The fourth-order valence-electron chi connectivity index (χ4n) is 2.88. The van der Waals surface area contributed by atoms with E-state index in [9.17, 15) is 9.59 Å². The Labute approximate surface area is 121 Å². The smallest absolute Gasteiger partial charge is 0.270 e. The lowest BCUT2D eigenvalue weighted by atomic mass is 10.2. The summed E-state index contributed by atoms with van der Waals surface area (Å²) in [6, 6.07) is 6.82. The van der Waals surface area contributed by atoms with Gasteiger partial charge in [0, 0.05) is 17.4 Å². The first-order valence-electron chi connectivity index (χ1n) is 6.88. The SMILES string of the molecule is COc1cccc2[nH]c(C(=O)N3CCCC3C(N)=O)cc12. The number of carbonyl (C=O) groups is 2. The normalized spacial score (nSPS) is 18.1. The van der Waals surface area contributed by atoms with Crippen molar-refractivity contribution in [2.24, 2.45) is 5.73 Å². The number of likely N-dealkylation sites (tertiary alicyclic amines) is 1. The van der Waals surface area contributed by atoms with Gasteiger partial charge >= 0.3 is 0 Å². The van der Waals surface area contributed by atoms with Crippen LogP contribution in [0.15, 0.2) is 24.3 Å². The molecule has 1 fully saturated rings. The number of rotatable bonds is 3. The van der Waals surface area contributed by atoms with Crippen molar-refractivity contribution in [3.8, 4) is 5.75 Å². The minimum atomic E-state index is -0.509. The summed E-state index contributed by atoms with van der Waals surface area (Å²) < 4.78 is 5.29. The highest BCUT2D eigenvalue weighted by atomic mass is 16.5. The lowest BCUT2D eigenvalue weighted by Crippen LogP contribution is -2.43. The number of nitrogens with zero attached hydrogens (tertiary/aromatic N) is 1. The molecule has 3 rings (SSSR count). The van der Waals surface area contributed by atoms with Gasteiger partial charge in [0.1, 0.15) is 17.5 Å². The Morgan fingerprint density at radius 3 is 2.95 bits per heavy atom. The van der Waals surface area contributed by atoms with Gasteiger partial charge in [0.2, 0.25) is 5.91 Å². The molecule has 2 amide bonds. The highest BCUT2D eigenvalue weighted by Gasteiger charge is 2.33. The van der Waals surface area contributed by atoms with Gasteiger partial charge < -0.3 is 20.4 Å². The van der Waals surface area contributed by atoms with Crippen molar-refractivity contribution >= 4 is 22.7 Å². The van der Waals surface area contributed by atoms with E-state index in [2.05, 4.69) is 4.98 Å². The molecule has 1 aromatic carbocycles. The number of ether oxygens (including phenoxy) is 1. The highest BCUT2D eigenvalue weighted by Crippen LogP contribution is 2.27. The Balaban J connectivity index is 1.96. The molecular weight excluding hydrogens is 270 g/mol. The molecule has 1 atom stereocenters. The fourth-order valence-corrected chi connectivity index (χ4v) is 2.88. The van der Waals surface area contributed by atoms with Crippen molar-refractivity contribution in [3.63, 3.8) is 0 Å². The van der Waals surface area contributed by atoms with E-state index in [1.54, 1.807) is 18.1 Å². The summed E-state index contributed by atoms with van der Waals surface area (Å²) in [7, 11) is 1.59. The van der Waals surface area contributed by atoms with E-state index in [0.29, 0.717) is 24.4 Å². The number of primary amides is 1. The second-order valence-corrected chi connectivity index (χ2v) is 5.16. The number of nitrogens with two attached hydrogens (primary N) is 1. The predicted octanol–water partition coefficient (Wildman–Crippen LogP) is 1.27. The zero-order valence-corrected chi connectivity index (χ0v) is 11.8. The summed E-state index contributed by atoms with van der Waals surface area (Å²) in [5, 5.41) is 0.846. The van der Waals surface area contributed by atoms with E-state index in [1.807, 2.05) is 18.2 Å². The third kappa shape index (κ3) is 2.22. The summed E-state index contributed by atoms with van der Waals surface area (Å²) in [6.45, 7) is 0.555. The molecule has 0 saturated carbocycles. The largest absolute Gasteiger partial charge is 0.496 e. The number of benzene rings is 1. The van der Waals surface area contributed by atoms with Crippen LogP contribution >= 0.6 is 0 Å². The number of aromatic nitrogens is 1. The highest BCUT2D eigenvalue weighted by molar-refractivity contribution is 6.01. The fraction of sp³-hybridized carbons (Fsp3) is 0.333. The predicted molar refractivity (Wildman–Crippen MR) is 78.1 cm³/mol. The minimum absolute atomic E-state index is 0.199. The lowest BCUT2D eigenvalue weighted by molar-refractivity contribution is -0.121. The maximum Gasteiger partial charge on any atom is 0.270 e. The zero-order valence-electron chi connectivity index (χ0n) is 11.8. The number of amides is 2. The number of methoxy groups -OCH3 is 1. The molecule has 0 radical (unpaired) electrons. The Hall–Kier alpha value is -2.50. The van der Waals surface area contributed by atoms with Crippen molar-refractivity contribution in [1.29, 1.82) is 0 Å². The number of nitrogens with one attached hydrogen (secondary N) is 1. The van der Waals surface area contributed by atoms with Crippen LogP contribution in [0.2, 0.25) is 0 Å². The molecule has 0 spiro atoms. The van der Waals surface area contributed by atoms with Crippen molar-refractivity contribution in [3.05, 3.63) is 30.0 Å². The van der Waals surface area contributed by atoms with Gasteiger partial charge in [-0.15, -0.1) is 0 Å². The van der Waals surface area contributed by atoms with Gasteiger partial charge in [0.15, 0.2) is 0 Å². The van der Waals surface area contributed by atoms with Gasteiger partial charge in [0.25, 0.3) is 5.91 Å². The maximum atomic E-state index is 12.6. The molecule has 0 bridgehead atoms. The van der Waals surface area contributed by atoms with Crippen molar-refractivity contribution in [2.45, 2.75) is 18.9 Å². The summed E-state index contributed by atoms with van der Waals surface area (Å²) in [5.41, 5.74) is 6.64. The quantitative estimate of drug-likeness (QED) is 0.891. The van der Waals surface area contributed by atoms with E-state index in [-0.39, 0.29) is 5.91 Å². The van der Waals surface area contributed by atoms with E-state index in [4.69, 9.17) is 10.5 Å². The van der Waals surface area contributed by atoms with Crippen LogP contribution in [0.3, 0.4) is 0 Å². The average Bonchev–Trinajstić information content (AvgIpc) is 3.12. The number of hydrogen-bond acceptors (Lipinski definition) is 3. The van der Waals surface area contributed by atoms with Crippen LogP contribution in [0.25, 0.3) is 10.9 Å². The zero-order chi connectivity index (χ0) is 15.0. The number of aromatic amines is 1. The third-order valence-corrected chi connectivity index (χ3v) is 3.92. The number of hydrogen-bond donors (Lipinski definition) is 2. The first-order valence-corrected chi connectivity index (χ1v) is 6.88. The van der Waals surface area contributed by atoms with Gasteiger partial charge in [0.05, 0.1) is 7.11 Å². The van der Waals surface area contributed by atoms with E-state index >= 15 is 0 Å². The van der Waals surface area contributed by atoms with Crippen LogP contribution in [-0.2, 0) is 4.79 Å². The molecule has 6 heteroatoms. The minimum Gasteiger partial charge on any atom is -0.496 e. The lowest BCUT2D eigenvalue weighted by Gasteiger charge is -2.21. The summed E-state index contributed by atoms with van der Waals surface area (Å²) >= 11 is 0. The van der Waals surface area contributed by atoms with Gasteiger partial charge in [-0.1, -0.05) is 6.07 Å². The van der Waals surface area contributed by atoms with Crippen molar-refractivity contribution in [2.75, 3.05) is 13.7 Å². The second kappa shape index (κ2) is 5.12. The number of fused-ring (bicyclic) bond motifs is 1. The molecule has 6 nitrogen and oxygen atoms in total. The molecule has 2 aromatic rings. The monoisotopic (exact) mass is 287 g/mol. The molecule has 21 heavy (non-hydrogen) atoms. The van der Waals surface area contributed by atoms with Gasteiger partial charge in [-0.25, -0.2) is 0 Å². The van der Waals surface area contributed by atoms with Crippen LogP contribution in [0.5, 0.6) is 5.75 Å². The number of H-pyrrole nitrogens is 1. The Morgan fingerprint density at radius 2 is 2.24 bits per heavy atom. The van der Waals surface area contributed by atoms with Crippen molar-refractivity contribution in [1.82, 2.24) is 9.88 Å². The summed E-state index contributed by atoms with van der Waals surface area (Å²) in [4.78, 5) is 28.6.